The van der Waals surface area contributed by atoms with Crippen LogP contribution in [-0.4, -0.2) is 15.3 Å². The van der Waals surface area contributed by atoms with Gasteiger partial charge in [-0.3, -0.25) is 9.20 Å². The normalized spacial score (nSPS) is 10.9. The molecule has 1 amide bonds. The van der Waals surface area contributed by atoms with Gasteiger partial charge < -0.3 is 5.32 Å². The zero-order valence-electron chi connectivity index (χ0n) is 13.8. The number of hydrogen-bond acceptors (Lipinski definition) is 3. The van der Waals surface area contributed by atoms with Crippen LogP contribution in [-0.2, 0) is 6.54 Å². The van der Waals surface area contributed by atoms with Gasteiger partial charge in [-0.25, -0.2) is 4.98 Å². The second-order valence-electron chi connectivity index (χ2n) is 5.90. The fraction of sp³-hybridized carbons (Fsp3) is 0.100. The Hall–Kier alpha value is -2.92. The van der Waals surface area contributed by atoms with Gasteiger partial charge in [-0.1, -0.05) is 60.2 Å². The second kappa shape index (κ2) is 6.53. The summed E-state index contributed by atoms with van der Waals surface area (Å²) in [6.07, 6.45) is 1.95. The molecular formula is C20H17N3OS. The number of nitrogens with one attached hydrogen (secondary N) is 1. The van der Waals surface area contributed by atoms with Crippen molar-refractivity contribution in [2.45, 2.75) is 13.5 Å². The largest absolute Gasteiger partial charge is 0.347 e. The molecule has 0 aliphatic carbocycles. The van der Waals surface area contributed by atoms with E-state index in [-0.39, 0.29) is 5.91 Å². The number of carbonyl (C=O) groups excluding carboxylic acids is 1. The van der Waals surface area contributed by atoms with Crippen molar-refractivity contribution in [2.75, 3.05) is 0 Å². The second-order valence-corrected chi connectivity index (χ2v) is 6.77. The predicted octanol–water partition coefficient (Wildman–Crippen LogP) is 4.30. The number of rotatable bonds is 4. The summed E-state index contributed by atoms with van der Waals surface area (Å²) in [5, 5.41) is 4.96. The number of aryl methyl sites for hydroxylation is 1. The molecule has 0 unspecified atom stereocenters. The highest BCUT2D eigenvalue weighted by Gasteiger charge is 2.20. The Kier molecular flexibility index (Phi) is 4.07. The van der Waals surface area contributed by atoms with Crippen LogP contribution in [0.15, 0.2) is 66.2 Å². The van der Waals surface area contributed by atoms with Crippen LogP contribution in [0, 0.1) is 6.92 Å². The maximum atomic E-state index is 12.8. The van der Waals surface area contributed by atoms with Gasteiger partial charge in [0.2, 0.25) is 0 Å². The Balaban J connectivity index is 1.69. The lowest BCUT2D eigenvalue weighted by molar-refractivity contribution is 0.0947. The van der Waals surface area contributed by atoms with Crippen LogP contribution in [0.3, 0.4) is 0 Å². The Labute approximate surface area is 149 Å². The van der Waals surface area contributed by atoms with Crippen LogP contribution < -0.4 is 5.32 Å². The third kappa shape index (κ3) is 3.06. The monoisotopic (exact) mass is 347 g/mol. The molecule has 4 nitrogen and oxygen atoms in total. The highest BCUT2D eigenvalue weighted by molar-refractivity contribution is 7.15. The molecular weight excluding hydrogens is 330 g/mol. The lowest BCUT2D eigenvalue weighted by Gasteiger charge is -2.07. The van der Waals surface area contributed by atoms with Gasteiger partial charge in [-0.15, -0.1) is 11.3 Å². The molecule has 2 aromatic carbocycles. The van der Waals surface area contributed by atoms with Crippen molar-refractivity contribution in [2.24, 2.45) is 0 Å². The molecule has 1 N–H and O–H groups in total. The zero-order chi connectivity index (χ0) is 17.2. The highest BCUT2D eigenvalue weighted by Crippen LogP contribution is 2.27. The molecule has 0 bridgehead atoms. The first kappa shape index (κ1) is 15.6. The van der Waals surface area contributed by atoms with E-state index in [9.17, 15) is 4.79 Å². The molecule has 2 heterocycles. The minimum Gasteiger partial charge on any atom is -0.347 e. The number of aromatic nitrogens is 2. The number of amides is 1. The van der Waals surface area contributed by atoms with Crippen LogP contribution in [0.25, 0.3) is 16.2 Å². The zero-order valence-corrected chi connectivity index (χ0v) is 14.6. The lowest BCUT2D eigenvalue weighted by atomic mass is 10.1. The molecule has 0 aliphatic rings. The summed E-state index contributed by atoms with van der Waals surface area (Å²) in [6.45, 7) is 2.53. The Bertz CT molecular complexity index is 1020. The molecule has 0 fully saturated rings. The smallest absolute Gasteiger partial charge is 0.272 e. The highest BCUT2D eigenvalue weighted by atomic mass is 32.1. The van der Waals surface area contributed by atoms with Crippen LogP contribution in [0.4, 0.5) is 0 Å². The van der Waals surface area contributed by atoms with Gasteiger partial charge in [0.15, 0.2) is 10.7 Å². The van der Waals surface area contributed by atoms with Gasteiger partial charge in [0, 0.05) is 23.7 Å². The summed E-state index contributed by atoms with van der Waals surface area (Å²) in [4.78, 5) is 18.1. The van der Waals surface area contributed by atoms with Crippen molar-refractivity contribution in [1.82, 2.24) is 14.7 Å². The van der Waals surface area contributed by atoms with Gasteiger partial charge in [0.1, 0.15) is 0 Å². The fourth-order valence-electron chi connectivity index (χ4n) is 2.79. The van der Waals surface area contributed by atoms with Crippen LogP contribution in [0.1, 0.15) is 21.6 Å². The molecule has 0 aliphatic heterocycles. The van der Waals surface area contributed by atoms with Gasteiger partial charge in [0.05, 0.1) is 5.69 Å². The summed E-state index contributed by atoms with van der Waals surface area (Å²) in [5.41, 5.74) is 4.54. The van der Waals surface area contributed by atoms with Crippen molar-refractivity contribution in [3.63, 3.8) is 0 Å². The first-order valence-electron chi connectivity index (χ1n) is 8.07. The topological polar surface area (TPSA) is 46.4 Å². The summed E-state index contributed by atoms with van der Waals surface area (Å²) < 4.78 is 1.98. The molecule has 0 saturated heterocycles. The van der Waals surface area contributed by atoms with E-state index in [4.69, 9.17) is 0 Å². The van der Waals surface area contributed by atoms with E-state index in [0.29, 0.717) is 12.2 Å². The van der Waals surface area contributed by atoms with E-state index in [1.165, 1.54) is 16.9 Å². The molecule has 0 spiro atoms. The molecule has 0 saturated carbocycles. The quantitative estimate of drug-likeness (QED) is 0.598. The van der Waals surface area contributed by atoms with E-state index in [2.05, 4.69) is 10.3 Å². The van der Waals surface area contributed by atoms with Crippen LogP contribution in [0.5, 0.6) is 0 Å². The predicted molar refractivity (Wildman–Crippen MR) is 101 cm³/mol. The van der Waals surface area contributed by atoms with Gasteiger partial charge in [0.25, 0.3) is 5.91 Å². The SMILES string of the molecule is Cc1ccc(-c2c(C(=O)NCc3ccccc3)nc3sccn23)cc1. The maximum absolute atomic E-state index is 12.8. The van der Waals surface area contributed by atoms with Crippen molar-refractivity contribution < 1.29 is 4.79 Å². The fourth-order valence-corrected chi connectivity index (χ4v) is 3.51. The van der Waals surface area contributed by atoms with E-state index in [0.717, 1.165) is 21.8 Å². The Morgan fingerprint density at radius 3 is 2.64 bits per heavy atom. The Morgan fingerprint density at radius 1 is 1.12 bits per heavy atom. The molecule has 2 aromatic heterocycles. The van der Waals surface area contributed by atoms with E-state index < -0.39 is 0 Å². The molecule has 124 valence electrons. The summed E-state index contributed by atoms with van der Waals surface area (Å²) in [5.74, 6) is -0.157. The van der Waals surface area contributed by atoms with Crippen molar-refractivity contribution in [1.29, 1.82) is 0 Å². The van der Waals surface area contributed by atoms with E-state index in [1.807, 2.05) is 77.5 Å². The average Bonchev–Trinajstić information content (AvgIpc) is 3.22. The Morgan fingerprint density at radius 2 is 1.88 bits per heavy atom. The third-order valence-corrected chi connectivity index (χ3v) is 4.85. The van der Waals surface area contributed by atoms with E-state index >= 15 is 0 Å². The number of carbonyl (C=O) groups is 1. The number of nitrogens with zero attached hydrogens (tertiary/aromatic N) is 2. The molecule has 5 heteroatoms. The number of fused-ring (bicyclic) bond motifs is 1. The van der Waals surface area contributed by atoms with Gasteiger partial charge in [-0.05, 0) is 12.5 Å². The molecule has 25 heavy (non-hydrogen) atoms. The third-order valence-electron chi connectivity index (χ3n) is 4.10. The molecule has 4 aromatic rings. The van der Waals surface area contributed by atoms with Gasteiger partial charge >= 0.3 is 0 Å². The summed E-state index contributed by atoms with van der Waals surface area (Å²) in [6, 6.07) is 18.0. The number of thiazole rings is 1. The van der Waals surface area contributed by atoms with Crippen LogP contribution >= 0.6 is 11.3 Å². The van der Waals surface area contributed by atoms with Crippen molar-refractivity contribution >= 4 is 22.2 Å². The minimum atomic E-state index is -0.157. The molecule has 0 atom stereocenters. The average molecular weight is 347 g/mol. The van der Waals surface area contributed by atoms with Crippen molar-refractivity contribution in [3.05, 3.63) is 83.0 Å². The molecule has 4 rings (SSSR count). The lowest BCUT2D eigenvalue weighted by Crippen LogP contribution is -2.23. The minimum absolute atomic E-state index is 0.157. The number of hydrogen-bond donors (Lipinski definition) is 1. The summed E-state index contributed by atoms with van der Waals surface area (Å²) in [7, 11) is 0. The number of imidazole rings is 1. The first-order valence-corrected chi connectivity index (χ1v) is 8.95. The van der Waals surface area contributed by atoms with Crippen molar-refractivity contribution in [3.8, 4) is 11.3 Å². The first-order chi connectivity index (χ1) is 12.2. The standard InChI is InChI=1S/C20H17N3OS/c1-14-7-9-16(10-8-14)18-17(22-20-23(18)11-12-25-20)19(24)21-13-15-5-3-2-4-6-15/h2-12H,13H2,1H3,(H,21,24). The van der Waals surface area contributed by atoms with Crippen LogP contribution in [0.2, 0.25) is 0 Å². The van der Waals surface area contributed by atoms with Gasteiger partial charge in [-0.2, -0.15) is 0 Å². The van der Waals surface area contributed by atoms with E-state index in [1.54, 1.807) is 0 Å². The number of benzene rings is 2. The summed E-state index contributed by atoms with van der Waals surface area (Å²) >= 11 is 1.52. The maximum Gasteiger partial charge on any atom is 0.272 e. The molecule has 0 radical (unpaired) electrons.